The molecule has 0 bridgehead atoms. The summed E-state index contributed by atoms with van der Waals surface area (Å²) in [7, 11) is 3.27. The maximum Gasteiger partial charge on any atom is 0.199 e. The first kappa shape index (κ1) is 11.7. The van der Waals surface area contributed by atoms with Gasteiger partial charge in [0.25, 0.3) is 0 Å². The summed E-state index contributed by atoms with van der Waals surface area (Å²) in [6, 6.07) is 4.95. The highest BCUT2D eigenvalue weighted by atomic mass is 35.5. The van der Waals surface area contributed by atoms with E-state index in [0.29, 0.717) is 21.9 Å². The zero-order chi connectivity index (χ0) is 12.4. The highest BCUT2D eigenvalue weighted by Gasteiger charge is 2.16. The zero-order valence-electron chi connectivity index (χ0n) is 9.48. The maximum absolute atomic E-state index is 12.2. The Labute approximate surface area is 104 Å². The van der Waals surface area contributed by atoms with Gasteiger partial charge in [0.1, 0.15) is 5.75 Å². The van der Waals surface area contributed by atoms with Gasteiger partial charge in [0, 0.05) is 18.3 Å². The van der Waals surface area contributed by atoms with Crippen LogP contribution in [0.1, 0.15) is 15.9 Å². The third kappa shape index (κ3) is 2.31. The molecule has 17 heavy (non-hydrogen) atoms. The van der Waals surface area contributed by atoms with Crippen LogP contribution in [0.25, 0.3) is 0 Å². The van der Waals surface area contributed by atoms with Crippen LogP contribution in [0, 0.1) is 0 Å². The molecule has 0 aliphatic heterocycles. The SMILES string of the molecule is COc1ccc(Cl)cc1C(=O)c1cnn(C)c1. The Morgan fingerprint density at radius 3 is 2.82 bits per heavy atom. The van der Waals surface area contributed by atoms with Crippen LogP contribution in [-0.2, 0) is 7.05 Å². The van der Waals surface area contributed by atoms with Gasteiger partial charge in [-0.25, -0.2) is 0 Å². The largest absolute Gasteiger partial charge is 0.496 e. The molecule has 0 N–H and O–H groups in total. The number of aromatic nitrogens is 2. The van der Waals surface area contributed by atoms with Crippen molar-refractivity contribution in [3.63, 3.8) is 0 Å². The molecule has 0 saturated carbocycles. The van der Waals surface area contributed by atoms with Crippen molar-refractivity contribution >= 4 is 17.4 Å². The van der Waals surface area contributed by atoms with Crippen molar-refractivity contribution in [2.24, 2.45) is 7.05 Å². The van der Waals surface area contributed by atoms with Gasteiger partial charge in [-0.15, -0.1) is 0 Å². The van der Waals surface area contributed by atoms with Gasteiger partial charge >= 0.3 is 0 Å². The van der Waals surface area contributed by atoms with Gasteiger partial charge in [0.15, 0.2) is 5.78 Å². The molecule has 5 heteroatoms. The summed E-state index contributed by atoms with van der Waals surface area (Å²) in [5, 5.41) is 4.46. The number of carbonyl (C=O) groups excluding carboxylic acids is 1. The molecule has 0 aliphatic rings. The van der Waals surface area contributed by atoms with E-state index in [0.717, 1.165) is 0 Å². The topological polar surface area (TPSA) is 44.1 Å². The predicted molar refractivity (Wildman–Crippen MR) is 64.6 cm³/mol. The third-order valence-corrected chi connectivity index (χ3v) is 2.61. The standard InChI is InChI=1S/C12H11ClN2O2/c1-15-7-8(6-14-15)12(16)10-5-9(13)3-4-11(10)17-2/h3-7H,1-2H3. The molecule has 0 aliphatic carbocycles. The summed E-state index contributed by atoms with van der Waals surface area (Å²) in [5.74, 6) is 0.348. The Hall–Kier alpha value is -1.81. The molecule has 88 valence electrons. The van der Waals surface area contributed by atoms with Crippen LogP contribution in [0.3, 0.4) is 0 Å². The van der Waals surface area contributed by atoms with Crippen molar-refractivity contribution in [3.05, 3.63) is 46.7 Å². The van der Waals surface area contributed by atoms with Crippen LogP contribution >= 0.6 is 11.6 Å². The van der Waals surface area contributed by atoms with Crippen LogP contribution < -0.4 is 4.74 Å². The normalized spacial score (nSPS) is 10.3. The molecule has 2 rings (SSSR count). The number of carbonyl (C=O) groups is 1. The lowest BCUT2D eigenvalue weighted by Gasteiger charge is -2.06. The average Bonchev–Trinajstić information content (AvgIpc) is 2.75. The molecule has 0 amide bonds. The van der Waals surface area contributed by atoms with E-state index >= 15 is 0 Å². The number of ketones is 1. The first-order valence-corrected chi connectivity index (χ1v) is 5.36. The minimum Gasteiger partial charge on any atom is -0.496 e. The van der Waals surface area contributed by atoms with Gasteiger partial charge < -0.3 is 4.74 Å². The number of nitrogens with zero attached hydrogens (tertiary/aromatic N) is 2. The average molecular weight is 251 g/mol. The highest BCUT2D eigenvalue weighted by Crippen LogP contribution is 2.24. The van der Waals surface area contributed by atoms with Crippen molar-refractivity contribution in [2.45, 2.75) is 0 Å². The Kier molecular flexibility index (Phi) is 3.15. The van der Waals surface area contributed by atoms with Crippen LogP contribution in [0.15, 0.2) is 30.6 Å². The minimum absolute atomic E-state index is 0.155. The van der Waals surface area contributed by atoms with Crippen LogP contribution in [-0.4, -0.2) is 22.7 Å². The fourth-order valence-electron chi connectivity index (χ4n) is 1.55. The molecule has 0 radical (unpaired) electrons. The fraction of sp³-hybridized carbons (Fsp3) is 0.167. The Balaban J connectivity index is 2.46. The van der Waals surface area contributed by atoms with Gasteiger partial charge in [-0.05, 0) is 18.2 Å². The second-order valence-electron chi connectivity index (χ2n) is 3.58. The summed E-state index contributed by atoms with van der Waals surface area (Å²) < 4.78 is 6.72. The van der Waals surface area contributed by atoms with E-state index in [2.05, 4.69) is 5.10 Å². The van der Waals surface area contributed by atoms with Gasteiger partial charge in [0.05, 0.1) is 24.4 Å². The lowest BCUT2D eigenvalue weighted by Crippen LogP contribution is -2.03. The quantitative estimate of drug-likeness (QED) is 0.786. The third-order valence-electron chi connectivity index (χ3n) is 2.37. The highest BCUT2D eigenvalue weighted by molar-refractivity contribution is 6.31. The number of benzene rings is 1. The van der Waals surface area contributed by atoms with Crippen LogP contribution in [0.5, 0.6) is 5.75 Å². The molecule has 0 spiro atoms. The van der Waals surface area contributed by atoms with Gasteiger partial charge in [-0.2, -0.15) is 5.10 Å². The lowest BCUT2D eigenvalue weighted by molar-refractivity contribution is 0.103. The zero-order valence-corrected chi connectivity index (χ0v) is 10.2. The minimum atomic E-state index is -0.155. The number of methoxy groups -OCH3 is 1. The Morgan fingerprint density at radius 1 is 1.47 bits per heavy atom. The van der Waals surface area contributed by atoms with E-state index in [1.54, 1.807) is 36.1 Å². The number of ether oxygens (including phenoxy) is 1. The smallest absolute Gasteiger partial charge is 0.199 e. The molecule has 1 heterocycles. The van der Waals surface area contributed by atoms with E-state index < -0.39 is 0 Å². The maximum atomic E-state index is 12.2. The van der Waals surface area contributed by atoms with Gasteiger partial charge in [-0.3, -0.25) is 9.48 Å². The fourth-order valence-corrected chi connectivity index (χ4v) is 1.72. The van der Waals surface area contributed by atoms with E-state index in [-0.39, 0.29) is 5.78 Å². The molecule has 0 saturated heterocycles. The number of hydrogen-bond acceptors (Lipinski definition) is 3. The monoisotopic (exact) mass is 250 g/mol. The molecular weight excluding hydrogens is 240 g/mol. The first-order valence-electron chi connectivity index (χ1n) is 4.98. The molecule has 0 unspecified atom stereocenters. The molecular formula is C12H11ClN2O2. The second-order valence-corrected chi connectivity index (χ2v) is 4.01. The molecule has 4 nitrogen and oxygen atoms in total. The van der Waals surface area contributed by atoms with Gasteiger partial charge in [-0.1, -0.05) is 11.6 Å². The van der Waals surface area contributed by atoms with E-state index in [1.807, 2.05) is 0 Å². The molecule has 2 aromatic rings. The summed E-state index contributed by atoms with van der Waals surface area (Å²) in [6.07, 6.45) is 3.17. The summed E-state index contributed by atoms with van der Waals surface area (Å²) in [6.45, 7) is 0. The van der Waals surface area contributed by atoms with Crippen molar-refractivity contribution in [1.82, 2.24) is 9.78 Å². The van der Waals surface area contributed by atoms with Gasteiger partial charge in [0.2, 0.25) is 0 Å². The predicted octanol–water partition coefficient (Wildman–Crippen LogP) is 2.31. The number of rotatable bonds is 3. The molecule has 0 atom stereocenters. The first-order chi connectivity index (χ1) is 8.11. The van der Waals surface area contributed by atoms with E-state index in [9.17, 15) is 4.79 Å². The van der Waals surface area contributed by atoms with Crippen molar-refractivity contribution in [1.29, 1.82) is 0 Å². The molecule has 1 aromatic heterocycles. The summed E-state index contributed by atoms with van der Waals surface area (Å²) in [4.78, 5) is 12.2. The lowest BCUT2D eigenvalue weighted by atomic mass is 10.1. The van der Waals surface area contributed by atoms with Crippen LogP contribution in [0.2, 0.25) is 5.02 Å². The van der Waals surface area contributed by atoms with Crippen molar-refractivity contribution in [3.8, 4) is 5.75 Å². The van der Waals surface area contributed by atoms with E-state index in [1.165, 1.54) is 13.3 Å². The summed E-state index contributed by atoms with van der Waals surface area (Å²) >= 11 is 5.88. The molecule has 0 fully saturated rings. The molecule has 1 aromatic carbocycles. The Bertz CT molecular complexity index is 563. The number of halogens is 1. The van der Waals surface area contributed by atoms with Crippen molar-refractivity contribution < 1.29 is 9.53 Å². The summed E-state index contributed by atoms with van der Waals surface area (Å²) in [5.41, 5.74) is 0.945. The number of hydrogen-bond donors (Lipinski definition) is 0. The Morgan fingerprint density at radius 2 is 2.24 bits per heavy atom. The van der Waals surface area contributed by atoms with Crippen LogP contribution in [0.4, 0.5) is 0 Å². The van der Waals surface area contributed by atoms with Crippen molar-refractivity contribution in [2.75, 3.05) is 7.11 Å². The second kappa shape index (κ2) is 4.59. The number of aryl methyl sites for hydroxylation is 1. The van der Waals surface area contributed by atoms with E-state index in [4.69, 9.17) is 16.3 Å².